The number of benzene rings is 2. The van der Waals surface area contributed by atoms with Gasteiger partial charge >= 0.3 is 0 Å². The number of fused-ring (bicyclic) bond motifs is 1. The van der Waals surface area contributed by atoms with Crippen LogP contribution in [0.3, 0.4) is 0 Å². The number of rotatable bonds is 6. The normalized spacial score (nSPS) is 15.9. The summed E-state index contributed by atoms with van der Waals surface area (Å²) in [6.45, 7) is 0.945. The number of carbonyl (C=O) groups is 2. The summed E-state index contributed by atoms with van der Waals surface area (Å²) in [7, 11) is 3.43. The van der Waals surface area contributed by atoms with Crippen LogP contribution in [0.15, 0.2) is 42.5 Å². The predicted molar refractivity (Wildman–Crippen MR) is 112 cm³/mol. The highest BCUT2D eigenvalue weighted by atomic mass is 16.5. The minimum absolute atomic E-state index is 0.107. The third-order valence-electron chi connectivity index (χ3n) is 5.23. The van der Waals surface area contributed by atoms with E-state index in [0.717, 1.165) is 29.7 Å². The highest BCUT2D eigenvalue weighted by Gasteiger charge is 2.23. The van der Waals surface area contributed by atoms with E-state index >= 15 is 0 Å². The largest absolute Gasteiger partial charge is 0.496 e. The van der Waals surface area contributed by atoms with E-state index in [2.05, 4.69) is 15.6 Å². The summed E-state index contributed by atoms with van der Waals surface area (Å²) >= 11 is 0. The average molecular weight is 408 g/mol. The van der Waals surface area contributed by atoms with Crippen molar-refractivity contribution >= 4 is 28.5 Å². The van der Waals surface area contributed by atoms with Gasteiger partial charge in [0.25, 0.3) is 5.91 Å². The van der Waals surface area contributed by atoms with E-state index in [4.69, 9.17) is 9.47 Å². The Bertz CT molecular complexity index is 1090. The van der Waals surface area contributed by atoms with Crippen molar-refractivity contribution in [3.8, 4) is 5.75 Å². The fourth-order valence-electron chi connectivity index (χ4n) is 3.58. The second-order valence-corrected chi connectivity index (χ2v) is 7.16. The first kappa shape index (κ1) is 19.9. The number of aryl methyl sites for hydroxylation is 1. The van der Waals surface area contributed by atoms with E-state index in [1.165, 1.54) is 7.11 Å². The molecule has 1 fully saturated rings. The SMILES string of the molecule is COc1ccccc1C(=O)Nc1ccc2c(c1)nc(CNC(=O)[C@H]1CCCO1)n2C. The van der Waals surface area contributed by atoms with Crippen LogP contribution < -0.4 is 15.4 Å². The first-order valence-electron chi connectivity index (χ1n) is 9.86. The number of para-hydroxylation sites is 1. The minimum atomic E-state index is -0.364. The first-order valence-corrected chi connectivity index (χ1v) is 9.86. The van der Waals surface area contributed by atoms with Gasteiger partial charge in [0, 0.05) is 19.3 Å². The number of amides is 2. The predicted octanol–water partition coefficient (Wildman–Crippen LogP) is 2.63. The molecule has 8 nitrogen and oxygen atoms in total. The fourth-order valence-corrected chi connectivity index (χ4v) is 3.58. The monoisotopic (exact) mass is 408 g/mol. The maximum absolute atomic E-state index is 12.6. The Morgan fingerprint density at radius 2 is 2.10 bits per heavy atom. The van der Waals surface area contributed by atoms with Crippen LogP contribution in [0, 0.1) is 0 Å². The van der Waals surface area contributed by atoms with E-state index in [-0.39, 0.29) is 17.9 Å². The number of ether oxygens (including phenoxy) is 2. The number of hydrogen-bond acceptors (Lipinski definition) is 5. The van der Waals surface area contributed by atoms with Gasteiger partial charge < -0.3 is 24.7 Å². The molecule has 2 N–H and O–H groups in total. The number of aromatic nitrogens is 2. The zero-order valence-corrected chi connectivity index (χ0v) is 17.0. The van der Waals surface area contributed by atoms with Gasteiger partial charge in [-0.15, -0.1) is 0 Å². The molecule has 2 heterocycles. The molecular weight excluding hydrogens is 384 g/mol. The molecule has 0 radical (unpaired) electrons. The number of carbonyl (C=O) groups excluding carboxylic acids is 2. The number of anilines is 1. The molecule has 3 aromatic rings. The number of methoxy groups -OCH3 is 1. The smallest absolute Gasteiger partial charge is 0.259 e. The Morgan fingerprint density at radius 1 is 1.27 bits per heavy atom. The third-order valence-corrected chi connectivity index (χ3v) is 5.23. The molecule has 0 saturated carbocycles. The quantitative estimate of drug-likeness (QED) is 0.654. The zero-order valence-electron chi connectivity index (χ0n) is 17.0. The fraction of sp³-hybridized carbons (Fsp3) is 0.318. The van der Waals surface area contributed by atoms with Crippen LogP contribution in [-0.2, 0) is 23.1 Å². The standard InChI is InChI=1S/C22H24N4O4/c1-26-17-10-9-14(24-21(27)15-6-3-4-7-18(15)29-2)12-16(17)25-20(26)13-23-22(28)19-8-5-11-30-19/h3-4,6-7,9-10,12,19H,5,8,11,13H2,1-2H3,(H,23,28)(H,24,27)/t19-/m1/s1. The summed E-state index contributed by atoms with van der Waals surface area (Å²) < 4.78 is 12.6. The minimum Gasteiger partial charge on any atom is -0.496 e. The van der Waals surface area contributed by atoms with Gasteiger partial charge in [0.1, 0.15) is 17.7 Å². The van der Waals surface area contributed by atoms with Crippen molar-refractivity contribution in [3.05, 3.63) is 53.9 Å². The number of nitrogens with one attached hydrogen (secondary N) is 2. The van der Waals surface area contributed by atoms with Crippen molar-refractivity contribution in [2.24, 2.45) is 7.05 Å². The van der Waals surface area contributed by atoms with Gasteiger partial charge in [-0.05, 0) is 43.2 Å². The molecule has 1 saturated heterocycles. The molecule has 1 aliphatic rings. The summed E-state index contributed by atoms with van der Waals surface area (Å²) in [5.41, 5.74) is 2.73. The summed E-state index contributed by atoms with van der Waals surface area (Å²) in [5.74, 6) is 0.874. The third kappa shape index (κ3) is 3.99. The lowest BCUT2D eigenvalue weighted by Gasteiger charge is -2.10. The van der Waals surface area contributed by atoms with Crippen LogP contribution in [0.25, 0.3) is 11.0 Å². The molecule has 2 amide bonds. The maximum atomic E-state index is 12.6. The van der Waals surface area contributed by atoms with E-state index in [1.54, 1.807) is 18.2 Å². The van der Waals surface area contributed by atoms with Gasteiger partial charge in [-0.3, -0.25) is 9.59 Å². The Kier molecular flexibility index (Phi) is 5.67. The van der Waals surface area contributed by atoms with Crippen LogP contribution in [0.5, 0.6) is 5.75 Å². The molecule has 0 unspecified atom stereocenters. The highest BCUT2D eigenvalue weighted by Crippen LogP contribution is 2.23. The van der Waals surface area contributed by atoms with Gasteiger partial charge in [0.05, 0.1) is 30.3 Å². The van der Waals surface area contributed by atoms with E-state index in [1.807, 2.05) is 35.9 Å². The van der Waals surface area contributed by atoms with Crippen molar-refractivity contribution in [2.45, 2.75) is 25.5 Å². The molecule has 4 rings (SSSR count). The van der Waals surface area contributed by atoms with Crippen molar-refractivity contribution < 1.29 is 19.1 Å². The lowest BCUT2D eigenvalue weighted by molar-refractivity contribution is -0.130. The number of nitrogens with zero attached hydrogens (tertiary/aromatic N) is 2. The van der Waals surface area contributed by atoms with Crippen molar-refractivity contribution in [2.75, 3.05) is 19.0 Å². The molecule has 2 aromatic carbocycles. The van der Waals surface area contributed by atoms with Crippen LogP contribution in [0.4, 0.5) is 5.69 Å². The van der Waals surface area contributed by atoms with E-state index < -0.39 is 0 Å². The van der Waals surface area contributed by atoms with Gasteiger partial charge in [0.2, 0.25) is 5.91 Å². The summed E-state index contributed by atoms with van der Waals surface area (Å²) in [6, 6.07) is 12.6. The Labute approximate surface area is 174 Å². The molecule has 1 aromatic heterocycles. The van der Waals surface area contributed by atoms with Gasteiger partial charge in [-0.25, -0.2) is 4.98 Å². The van der Waals surface area contributed by atoms with Crippen molar-refractivity contribution in [1.82, 2.24) is 14.9 Å². The highest BCUT2D eigenvalue weighted by molar-refractivity contribution is 6.06. The van der Waals surface area contributed by atoms with Gasteiger partial charge in [-0.2, -0.15) is 0 Å². The Morgan fingerprint density at radius 3 is 2.87 bits per heavy atom. The molecule has 0 spiro atoms. The van der Waals surface area contributed by atoms with Gasteiger partial charge in [-0.1, -0.05) is 12.1 Å². The zero-order chi connectivity index (χ0) is 21.1. The van der Waals surface area contributed by atoms with E-state index in [0.29, 0.717) is 30.2 Å². The number of imidazole rings is 1. The molecule has 30 heavy (non-hydrogen) atoms. The van der Waals surface area contributed by atoms with Crippen LogP contribution in [0.2, 0.25) is 0 Å². The lowest BCUT2D eigenvalue weighted by atomic mass is 10.2. The number of hydrogen-bond donors (Lipinski definition) is 2. The Hall–Kier alpha value is -3.39. The molecule has 8 heteroatoms. The molecule has 0 aliphatic carbocycles. The second kappa shape index (κ2) is 8.54. The molecule has 0 bridgehead atoms. The molecule has 156 valence electrons. The van der Waals surface area contributed by atoms with Crippen LogP contribution >= 0.6 is 0 Å². The van der Waals surface area contributed by atoms with Crippen LogP contribution in [-0.4, -0.2) is 41.2 Å². The maximum Gasteiger partial charge on any atom is 0.259 e. The topological polar surface area (TPSA) is 94.5 Å². The Balaban J connectivity index is 1.49. The lowest BCUT2D eigenvalue weighted by Crippen LogP contribution is -2.34. The molecule has 1 aliphatic heterocycles. The van der Waals surface area contributed by atoms with Crippen molar-refractivity contribution in [3.63, 3.8) is 0 Å². The second-order valence-electron chi connectivity index (χ2n) is 7.16. The summed E-state index contributed by atoms with van der Waals surface area (Å²) in [5, 5.41) is 5.78. The van der Waals surface area contributed by atoms with E-state index in [9.17, 15) is 9.59 Å². The van der Waals surface area contributed by atoms with Crippen molar-refractivity contribution in [1.29, 1.82) is 0 Å². The first-order chi connectivity index (χ1) is 14.6. The summed E-state index contributed by atoms with van der Waals surface area (Å²) in [6.07, 6.45) is 1.30. The average Bonchev–Trinajstić information content (AvgIpc) is 3.40. The summed E-state index contributed by atoms with van der Waals surface area (Å²) in [4.78, 5) is 29.4. The van der Waals surface area contributed by atoms with Crippen LogP contribution in [0.1, 0.15) is 29.0 Å². The molecule has 1 atom stereocenters. The van der Waals surface area contributed by atoms with Gasteiger partial charge in [0.15, 0.2) is 0 Å². The molecular formula is C22H24N4O4.